The fourth-order valence-electron chi connectivity index (χ4n) is 3.75. The minimum Gasteiger partial charge on any atom is -0.481 e. The maximum Gasteiger partial charge on any atom is 0.326 e. The van der Waals surface area contributed by atoms with Crippen molar-refractivity contribution in [2.24, 2.45) is 11.7 Å². The second-order valence-electron chi connectivity index (χ2n) is 9.45. The number of carbonyl (C=O) groups excluding carboxylic acids is 3. The molecule has 0 aliphatic rings. The molecule has 1 aromatic heterocycles. The average molecular weight is 534 g/mol. The maximum absolute atomic E-state index is 13.1. The smallest absolute Gasteiger partial charge is 0.326 e. The van der Waals surface area contributed by atoms with Gasteiger partial charge in [0.1, 0.15) is 18.1 Å². The number of hydrogen-bond donors (Lipinski definition) is 8. The topological polar surface area (TPSA) is 224 Å². The quantitative estimate of drug-likeness (QED) is 0.156. The van der Waals surface area contributed by atoms with Gasteiger partial charge in [-0.3, -0.25) is 19.2 Å². The summed E-state index contributed by atoms with van der Waals surface area (Å²) in [7, 11) is 0. The zero-order chi connectivity index (χ0) is 28.6. The third kappa shape index (κ3) is 8.28. The zero-order valence-corrected chi connectivity index (χ0v) is 21.4. The highest BCUT2D eigenvalue weighted by Gasteiger charge is 2.33. The molecule has 9 N–H and O–H groups in total. The largest absolute Gasteiger partial charge is 0.481 e. The standard InChI is InChI=1S/C25H35N5O8/c1-12(2)20(26)23(35)30-21(13(3)31)24(36)28-17(8-9-19(32)33)22(34)29-18(25(37)38)10-14-11-27-16-7-5-4-6-15(14)16/h4-7,11-13,17-18,20-21,27,31H,8-10,26H2,1-3H3,(H,28,36)(H,29,34)(H,30,35)(H,32,33)(H,37,38). The maximum atomic E-state index is 13.1. The lowest BCUT2D eigenvalue weighted by Gasteiger charge is -2.27. The lowest BCUT2D eigenvalue weighted by atomic mass is 10.0. The number of fused-ring (bicyclic) bond motifs is 1. The van der Waals surface area contributed by atoms with Crippen LogP contribution in [0.25, 0.3) is 10.9 Å². The van der Waals surface area contributed by atoms with Crippen molar-refractivity contribution < 1.29 is 39.3 Å². The van der Waals surface area contributed by atoms with Gasteiger partial charge in [0.25, 0.3) is 0 Å². The number of rotatable bonds is 14. The molecule has 0 saturated carbocycles. The van der Waals surface area contributed by atoms with E-state index in [1.165, 1.54) is 6.92 Å². The summed E-state index contributed by atoms with van der Waals surface area (Å²) in [6.45, 7) is 4.64. The van der Waals surface area contributed by atoms with Crippen molar-refractivity contribution in [1.29, 1.82) is 0 Å². The molecule has 5 unspecified atom stereocenters. The zero-order valence-electron chi connectivity index (χ0n) is 21.4. The predicted octanol–water partition coefficient (Wildman–Crippen LogP) is -0.522. The summed E-state index contributed by atoms with van der Waals surface area (Å²) in [5.74, 6) is -5.42. The van der Waals surface area contributed by atoms with Crippen LogP contribution in [0.15, 0.2) is 30.5 Å². The Kier molecular flexibility index (Phi) is 10.8. The van der Waals surface area contributed by atoms with E-state index in [2.05, 4.69) is 20.9 Å². The van der Waals surface area contributed by atoms with Gasteiger partial charge in [-0.05, 0) is 30.9 Å². The Morgan fingerprint density at radius 1 is 0.921 bits per heavy atom. The van der Waals surface area contributed by atoms with E-state index in [1.54, 1.807) is 32.2 Å². The number of carboxylic acids is 2. The third-order valence-corrected chi connectivity index (χ3v) is 6.08. The summed E-state index contributed by atoms with van der Waals surface area (Å²) in [6.07, 6.45) is -0.700. The number of aromatic amines is 1. The van der Waals surface area contributed by atoms with E-state index in [9.17, 15) is 34.2 Å². The van der Waals surface area contributed by atoms with E-state index in [-0.39, 0.29) is 18.8 Å². The first-order chi connectivity index (χ1) is 17.8. The van der Waals surface area contributed by atoms with E-state index >= 15 is 0 Å². The van der Waals surface area contributed by atoms with Gasteiger partial charge in [0, 0.05) is 29.9 Å². The van der Waals surface area contributed by atoms with Gasteiger partial charge >= 0.3 is 11.9 Å². The number of carboxylic acid groups (broad SMARTS) is 2. The number of amides is 3. The highest BCUT2D eigenvalue weighted by Crippen LogP contribution is 2.19. The van der Waals surface area contributed by atoms with Gasteiger partial charge in [0.05, 0.1) is 12.1 Å². The Morgan fingerprint density at radius 2 is 1.55 bits per heavy atom. The number of hydrogen-bond acceptors (Lipinski definition) is 7. The van der Waals surface area contributed by atoms with Crippen LogP contribution in [-0.4, -0.2) is 80.2 Å². The van der Waals surface area contributed by atoms with Gasteiger partial charge in [0.2, 0.25) is 17.7 Å². The SMILES string of the molecule is CC(C)C(N)C(=O)NC(C(=O)NC(CCC(=O)O)C(=O)NC(Cc1c[nH]c2ccccc12)C(=O)O)C(C)O. The number of aliphatic hydroxyl groups excluding tert-OH is 1. The van der Waals surface area contributed by atoms with Gasteiger partial charge in [-0.2, -0.15) is 0 Å². The summed E-state index contributed by atoms with van der Waals surface area (Å²) >= 11 is 0. The first-order valence-electron chi connectivity index (χ1n) is 12.2. The van der Waals surface area contributed by atoms with E-state index in [4.69, 9.17) is 10.8 Å². The molecule has 13 heteroatoms. The molecule has 0 fully saturated rings. The van der Waals surface area contributed by atoms with Gasteiger partial charge < -0.3 is 42.0 Å². The first-order valence-corrected chi connectivity index (χ1v) is 12.2. The van der Waals surface area contributed by atoms with Crippen LogP contribution < -0.4 is 21.7 Å². The van der Waals surface area contributed by atoms with Gasteiger partial charge in [-0.25, -0.2) is 4.79 Å². The second-order valence-corrected chi connectivity index (χ2v) is 9.45. The monoisotopic (exact) mass is 533 g/mol. The van der Waals surface area contributed by atoms with Crippen molar-refractivity contribution in [2.45, 2.75) is 70.3 Å². The molecular weight excluding hydrogens is 498 g/mol. The lowest BCUT2D eigenvalue weighted by Crippen LogP contribution is -2.60. The van der Waals surface area contributed by atoms with Crippen molar-refractivity contribution >= 4 is 40.6 Å². The number of aromatic nitrogens is 1. The number of H-pyrrole nitrogens is 1. The average Bonchev–Trinajstić information content (AvgIpc) is 3.26. The van der Waals surface area contributed by atoms with Crippen molar-refractivity contribution in [3.8, 4) is 0 Å². The van der Waals surface area contributed by atoms with Gasteiger partial charge in [0.15, 0.2) is 0 Å². The summed E-state index contributed by atoms with van der Waals surface area (Å²) in [5.41, 5.74) is 7.22. The molecule has 13 nitrogen and oxygen atoms in total. The molecule has 0 saturated heterocycles. The number of aliphatic hydroxyl groups is 1. The Bertz CT molecular complexity index is 1160. The minimum absolute atomic E-state index is 0.0792. The molecule has 0 radical (unpaired) electrons. The minimum atomic E-state index is -1.49. The number of aliphatic carboxylic acids is 2. The van der Waals surface area contributed by atoms with Crippen LogP contribution in [0.3, 0.4) is 0 Å². The highest BCUT2D eigenvalue weighted by atomic mass is 16.4. The molecule has 208 valence electrons. The van der Waals surface area contributed by atoms with Crippen LogP contribution >= 0.6 is 0 Å². The van der Waals surface area contributed by atoms with Crippen molar-refractivity contribution in [2.75, 3.05) is 0 Å². The fraction of sp³-hybridized carbons (Fsp3) is 0.480. The number of carbonyl (C=O) groups is 5. The van der Waals surface area contributed by atoms with Crippen molar-refractivity contribution in [3.05, 3.63) is 36.0 Å². The Hall–Kier alpha value is -3.97. The number of nitrogens with two attached hydrogens (primary N) is 1. The molecule has 0 spiro atoms. The number of para-hydroxylation sites is 1. The van der Waals surface area contributed by atoms with E-state index in [0.29, 0.717) is 5.56 Å². The predicted molar refractivity (Wildman–Crippen MR) is 137 cm³/mol. The van der Waals surface area contributed by atoms with Gasteiger partial charge in [-0.15, -0.1) is 0 Å². The Balaban J connectivity index is 2.20. The molecule has 3 amide bonds. The van der Waals surface area contributed by atoms with Crippen molar-refractivity contribution in [1.82, 2.24) is 20.9 Å². The van der Waals surface area contributed by atoms with Crippen molar-refractivity contribution in [3.63, 3.8) is 0 Å². The molecule has 1 heterocycles. The summed E-state index contributed by atoms with van der Waals surface area (Å²) < 4.78 is 0. The number of benzene rings is 1. The summed E-state index contributed by atoms with van der Waals surface area (Å²) in [6, 6.07) is 1.92. The summed E-state index contributed by atoms with van der Waals surface area (Å²) in [5, 5.41) is 36.7. The molecule has 1 aromatic carbocycles. The Morgan fingerprint density at radius 3 is 2.13 bits per heavy atom. The molecule has 2 rings (SSSR count). The third-order valence-electron chi connectivity index (χ3n) is 6.08. The van der Waals surface area contributed by atoms with E-state index < -0.39 is 66.4 Å². The van der Waals surface area contributed by atoms with Crippen LogP contribution in [0.5, 0.6) is 0 Å². The number of nitrogens with one attached hydrogen (secondary N) is 4. The molecule has 2 aromatic rings. The van der Waals surface area contributed by atoms with E-state index in [1.807, 2.05) is 12.1 Å². The van der Waals surface area contributed by atoms with Crippen LogP contribution in [0, 0.1) is 5.92 Å². The second kappa shape index (κ2) is 13.5. The first kappa shape index (κ1) is 30.3. The van der Waals surface area contributed by atoms with Gasteiger partial charge in [-0.1, -0.05) is 32.0 Å². The molecular formula is C25H35N5O8. The normalized spacial score (nSPS) is 15.2. The fourth-order valence-corrected chi connectivity index (χ4v) is 3.75. The van der Waals surface area contributed by atoms with E-state index in [0.717, 1.165) is 10.9 Å². The highest BCUT2D eigenvalue weighted by molar-refractivity contribution is 5.95. The summed E-state index contributed by atoms with van der Waals surface area (Å²) in [4.78, 5) is 64.4. The lowest BCUT2D eigenvalue weighted by molar-refractivity contribution is -0.143. The van der Waals surface area contributed by atoms with Crippen LogP contribution in [-0.2, 0) is 30.4 Å². The van der Waals surface area contributed by atoms with Crippen LogP contribution in [0.1, 0.15) is 39.2 Å². The Labute approximate surface area is 219 Å². The molecule has 0 bridgehead atoms. The van der Waals surface area contributed by atoms with Crippen LogP contribution in [0.2, 0.25) is 0 Å². The molecule has 0 aliphatic heterocycles. The molecule has 0 aliphatic carbocycles. The van der Waals surface area contributed by atoms with Crippen LogP contribution in [0.4, 0.5) is 0 Å². The molecule has 5 atom stereocenters. The molecule has 38 heavy (non-hydrogen) atoms.